The number of hydrogen-bond acceptors (Lipinski definition) is 3. The second-order valence-electron chi connectivity index (χ2n) is 3.66. The zero-order valence-corrected chi connectivity index (χ0v) is 10.9. The molecule has 0 heterocycles. The molecule has 0 unspecified atom stereocenters. The molecule has 0 atom stereocenters. The van der Waals surface area contributed by atoms with E-state index in [0.717, 1.165) is 6.54 Å². The number of hydrogen-bond donors (Lipinski definition) is 1. The van der Waals surface area contributed by atoms with Crippen molar-refractivity contribution >= 4 is 28.8 Å². The van der Waals surface area contributed by atoms with Crippen LogP contribution >= 0.6 is 23.8 Å². The molecule has 0 bridgehead atoms. The quantitative estimate of drug-likeness (QED) is 0.819. The summed E-state index contributed by atoms with van der Waals surface area (Å²) in [7, 11) is 3.97. The summed E-state index contributed by atoms with van der Waals surface area (Å²) in [5.41, 5.74) is 6.28. The van der Waals surface area contributed by atoms with Gasteiger partial charge in [0.25, 0.3) is 0 Å². The van der Waals surface area contributed by atoms with Crippen LogP contribution in [0.2, 0.25) is 5.02 Å². The SMILES string of the molecule is CN(C)CCOc1ccc(Cl)cc1C(N)=S. The minimum atomic E-state index is 0.294. The van der Waals surface area contributed by atoms with Crippen molar-refractivity contribution in [1.82, 2.24) is 4.90 Å². The maximum Gasteiger partial charge on any atom is 0.129 e. The zero-order valence-electron chi connectivity index (χ0n) is 9.37. The fourth-order valence-electron chi connectivity index (χ4n) is 1.16. The molecule has 1 aromatic rings. The molecule has 88 valence electrons. The summed E-state index contributed by atoms with van der Waals surface area (Å²) >= 11 is 10.8. The van der Waals surface area contributed by atoms with Crippen LogP contribution in [0.4, 0.5) is 0 Å². The third-order valence-electron chi connectivity index (χ3n) is 2.00. The molecule has 5 heteroatoms. The van der Waals surface area contributed by atoms with Gasteiger partial charge in [-0.2, -0.15) is 0 Å². The highest BCUT2D eigenvalue weighted by Crippen LogP contribution is 2.22. The van der Waals surface area contributed by atoms with Gasteiger partial charge in [0.15, 0.2) is 0 Å². The van der Waals surface area contributed by atoms with Gasteiger partial charge < -0.3 is 15.4 Å². The molecule has 0 aliphatic heterocycles. The first-order valence-electron chi connectivity index (χ1n) is 4.87. The van der Waals surface area contributed by atoms with Crippen LogP contribution in [0, 0.1) is 0 Å². The largest absolute Gasteiger partial charge is 0.492 e. The summed E-state index contributed by atoms with van der Waals surface area (Å²) < 4.78 is 5.60. The van der Waals surface area contributed by atoms with Gasteiger partial charge in [-0.15, -0.1) is 0 Å². The highest BCUT2D eigenvalue weighted by molar-refractivity contribution is 7.80. The fraction of sp³-hybridized carbons (Fsp3) is 0.364. The van der Waals surface area contributed by atoms with Gasteiger partial charge in [-0.05, 0) is 32.3 Å². The Bertz CT molecular complexity index is 382. The van der Waals surface area contributed by atoms with Crippen LogP contribution in [0.5, 0.6) is 5.75 Å². The predicted molar refractivity (Wildman–Crippen MR) is 71.4 cm³/mol. The van der Waals surface area contributed by atoms with Gasteiger partial charge in [0, 0.05) is 11.6 Å². The molecule has 0 spiro atoms. The molecule has 1 rings (SSSR count). The van der Waals surface area contributed by atoms with Crippen LogP contribution in [0.3, 0.4) is 0 Å². The van der Waals surface area contributed by atoms with E-state index in [-0.39, 0.29) is 0 Å². The number of thiocarbonyl (C=S) groups is 1. The van der Waals surface area contributed by atoms with Gasteiger partial charge in [-0.1, -0.05) is 23.8 Å². The van der Waals surface area contributed by atoms with Crippen LogP contribution in [0.1, 0.15) is 5.56 Å². The molecular formula is C11H15ClN2OS. The topological polar surface area (TPSA) is 38.5 Å². The minimum absolute atomic E-state index is 0.294. The number of nitrogens with zero attached hydrogens (tertiary/aromatic N) is 1. The summed E-state index contributed by atoms with van der Waals surface area (Å²) in [6, 6.07) is 5.26. The molecule has 0 aliphatic carbocycles. The lowest BCUT2D eigenvalue weighted by Crippen LogP contribution is -2.20. The average molecular weight is 259 g/mol. The smallest absolute Gasteiger partial charge is 0.129 e. The first kappa shape index (κ1) is 13.2. The van der Waals surface area contributed by atoms with Crippen LogP contribution in [-0.2, 0) is 0 Å². The van der Waals surface area contributed by atoms with Crippen LogP contribution in [0.15, 0.2) is 18.2 Å². The first-order chi connectivity index (χ1) is 7.50. The van der Waals surface area contributed by atoms with Crippen molar-refractivity contribution in [3.05, 3.63) is 28.8 Å². The van der Waals surface area contributed by atoms with E-state index in [1.54, 1.807) is 18.2 Å². The average Bonchev–Trinajstić information content (AvgIpc) is 2.19. The molecule has 0 saturated carbocycles. The zero-order chi connectivity index (χ0) is 12.1. The molecule has 3 nitrogen and oxygen atoms in total. The van der Waals surface area contributed by atoms with Crippen LogP contribution in [-0.4, -0.2) is 37.1 Å². The Hall–Kier alpha value is -0.840. The summed E-state index contributed by atoms with van der Waals surface area (Å²) in [5.74, 6) is 0.679. The van der Waals surface area contributed by atoms with Gasteiger partial charge >= 0.3 is 0 Å². The van der Waals surface area contributed by atoms with Crippen LogP contribution in [0.25, 0.3) is 0 Å². The lowest BCUT2D eigenvalue weighted by molar-refractivity contribution is 0.261. The molecule has 0 fully saturated rings. The van der Waals surface area contributed by atoms with Gasteiger partial charge in [0.1, 0.15) is 17.3 Å². The lowest BCUT2D eigenvalue weighted by Gasteiger charge is -2.13. The highest BCUT2D eigenvalue weighted by Gasteiger charge is 2.07. The summed E-state index contributed by atoms with van der Waals surface area (Å²) in [4.78, 5) is 2.33. The molecule has 0 aromatic heterocycles. The van der Waals surface area contributed by atoms with Crippen molar-refractivity contribution in [2.45, 2.75) is 0 Å². The van der Waals surface area contributed by atoms with Crippen molar-refractivity contribution in [2.75, 3.05) is 27.2 Å². The van der Waals surface area contributed by atoms with Crippen molar-refractivity contribution in [3.8, 4) is 5.75 Å². The Morgan fingerprint density at radius 3 is 2.75 bits per heavy atom. The van der Waals surface area contributed by atoms with E-state index in [0.29, 0.717) is 27.9 Å². The van der Waals surface area contributed by atoms with Gasteiger partial charge in [0.05, 0.1) is 5.56 Å². The standard InChI is InChI=1S/C11H15ClN2OS/c1-14(2)5-6-15-10-4-3-8(12)7-9(10)11(13)16/h3-4,7H,5-6H2,1-2H3,(H2,13,16). The fourth-order valence-corrected chi connectivity index (χ4v) is 1.49. The monoisotopic (exact) mass is 258 g/mol. The molecule has 0 aliphatic rings. The van der Waals surface area contributed by atoms with E-state index in [1.165, 1.54) is 0 Å². The Kier molecular flexibility index (Phi) is 4.99. The molecule has 2 N–H and O–H groups in total. The molecule has 0 radical (unpaired) electrons. The van der Waals surface area contributed by atoms with E-state index >= 15 is 0 Å². The van der Waals surface area contributed by atoms with E-state index in [1.807, 2.05) is 19.0 Å². The Morgan fingerprint density at radius 2 is 2.19 bits per heavy atom. The van der Waals surface area contributed by atoms with E-state index in [4.69, 9.17) is 34.3 Å². The predicted octanol–water partition coefficient (Wildman–Crippen LogP) is 1.91. The van der Waals surface area contributed by atoms with E-state index in [2.05, 4.69) is 0 Å². The summed E-state index contributed by atoms with van der Waals surface area (Å²) in [6.45, 7) is 1.42. The maximum absolute atomic E-state index is 5.87. The first-order valence-corrected chi connectivity index (χ1v) is 5.66. The minimum Gasteiger partial charge on any atom is -0.492 e. The summed E-state index contributed by atoms with van der Waals surface area (Å²) in [6.07, 6.45) is 0. The van der Waals surface area contributed by atoms with Gasteiger partial charge in [-0.3, -0.25) is 0 Å². The highest BCUT2D eigenvalue weighted by atomic mass is 35.5. The Morgan fingerprint density at radius 1 is 1.50 bits per heavy atom. The van der Waals surface area contributed by atoms with E-state index < -0.39 is 0 Å². The third kappa shape index (κ3) is 3.96. The van der Waals surface area contributed by atoms with Gasteiger partial charge in [0.2, 0.25) is 0 Å². The van der Waals surface area contributed by atoms with Crippen molar-refractivity contribution < 1.29 is 4.74 Å². The van der Waals surface area contributed by atoms with Crippen molar-refractivity contribution in [2.24, 2.45) is 5.73 Å². The Labute approximate surface area is 106 Å². The third-order valence-corrected chi connectivity index (χ3v) is 2.46. The summed E-state index contributed by atoms with van der Waals surface area (Å²) in [5, 5.41) is 0.600. The second kappa shape index (κ2) is 6.03. The number of benzene rings is 1. The Balaban J connectivity index is 2.75. The maximum atomic E-state index is 5.87. The lowest BCUT2D eigenvalue weighted by atomic mass is 10.2. The molecule has 0 saturated heterocycles. The van der Waals surface area contributed by atoms with E-state index in [9.17, 15) is 0 Å². The number of ether oxygens (including phenoxy) is 1. The van der Waals surface area contributed by atoms with Crippen LogP contribution < -0.4 is 10.5 Å². The number of rotatable bonds is 5. The van der Waals surface area contributed by atoms with Crippen molar-refractivity contribution in [3.63, 3.8) is 0 Å². The molecule has 16 heavy (non-hydrogen) atoms. The molecule has 1 aromatic carbocycles. The molecular weight excluding hydrogens is 244 g/mol. The van der Waals surface area contributed by atoms with Crippen molar-refractivity contribution in [1.29, 1.82) is 0 Å². The van der Waals surface area contributed by atoms with Gasteiger partial charge in [-0.25, -0.2) is 0 Å². The number of halogens is 1. The second-order valence-corrected chi connectivity index (χ2v) is 4.53. The number of likely N-dealkylation sites (N-methyl/N-ethyl adjacent to an activating group) is 1. The number of nitrogens with two attached hydrogens (primary N) is 1. The molecule has 0 amide bonds. The normalized spacial score (nSPS) is 10.5.